The summed E-state index contributed by atoms with van der Waals surface area (Å²) in [6.07, 6.45) is 4.39. The molecule has 4 rings (SSSR count). The molecule has 9 nitrogen and oxygen atoms in total. The van der Waals surface area contributed by atoms with Gasteiger partial charge in [-0.25, -0.2) is 0 Å². The maximum Gasteiger partial charge on any atom is 0.246 e. The first-order valence-electron chi connectivity index (χ1n) is 14.0. The van der Waals surface area contributed by atoms with E-state index < -0.39 is 30.1 Å². The third-order valence-electron chi connectivity index (χ3n) is 7.59. The number of fused-ring (bicyclic) bond motifs is 1. The van der Waals surface area contributed by atoms with Crippen molar-refractivity contribution >= 4 is 23.8 Å². The number of likely N-dealkylation sites (N-methyl/N-ethyl adjacent to an activating group) is 1. The topological polar surface area (TPSA) is 120 Å². The van der Waals surface area contributed by atoms with Crippen molar-refractivity contribution in [2.75, 3.05) is 26.7 Å². The van der Waals surface area contributed by atoms with Crippen LogP contribution in [0.25, 0.3) is 6.08 Å². The van der Waals surface area contributed by atoms with Crippen molar-refractivity contribution in [2.24, 2.45) is 5.92 Å². The Labute approximate surface area is 236 Å². The molecule has 1 saturated carbocycles. The standard InChI is InChI=1S/C31H40N4O5/c1-20(22-10-5-4-6-11-22)26-29(37)33-17-9-13-23-12-7-8-14-25(23)40-19-18-32-27(24-15-16-24)31(39)35(3)28(21(2)36)30(38)34-26/h4-14,20-21,24,26-28,32,36H,15-19H2,1-3H3,(H,33,37)(H,34,38)/b13-9+/t20?,21?,26-,27+,28+/m1/s1. The van der Waals surface area contributed by atoms with Crippen LogP contribution in [0, 0.1) is 5.92 Å². The van der Waals surface area contributed by atoms with E-state index in [1.807, 2.05) is 73.7 Å². The first kappa shape index (κ1) is 29.3. The van der Waals surface area contributed by atoms with E-state index in [0.717, 1.165) is 24.0 Å². The van der Waals surface area contributed by atoms with E-state index in [9.17, 15) is 19.5 Å². The molecule has 1 heterocycles. The lowest BCUT2D eigenvalue weighted by molar-refractivity contribution is -0.145. The van der Waals surface area contributed by atoms with Crippen molar-refractivity contribution < 1.29 is 24.2 Å². The van der Waals surface area contributed by atoms with Crippen molar-refractivity contribution in [1.82, 2.24) is 20.9 Å². The Kier molecular flexibility index (Phi) is 9.95. The van der Waals surface area contributed by atoms with Gasteiger partial charge in [-0.2, -0.15) is 0 Å². The predicted octanol–water partition coefficient (Wildman–Crippen LogP) is 2.07. The molecule has 5 atom stereocenters. The van der Waals surface area contributed by atoms with Crippen LogP contribution in [0.1, 0.15) is 43.7 Å². The second-order valence-corrected chi connectivity index (χ2v) is 10.6. The zero-order chi connectivity index (χ0) is 28.6. The predicted molar refractivity (Wildman–Crippen MR) is 154 cm³/mol. The fourth-order valence-electron chi connectivity index (χ4n) is 5.15. The first-order chi connectivity index (χ1) is 19.3. The lowest BCUT2D eigenvalue weighted by atomic mass is 9.92. The average Bonchev–Trinajstić information content (AvgIpc) is 3.79. The molecule has 2 aromatic rings. The van der Waals surface area contributed by atoms with Crippen LogP contribution in [-0.4, -0.2) is 78.7 Å². The smallest absolute Gasteiger partial charge is 0.246 e. The molecule has 2 aliphatic rings. The number of benzene rings is 2. The van der Waals surface area contributed by atoms with Gasteiger partial charge in [0.25, 0.3) is 0 Å². The van der Waals surface area contributed by atoms with E-state index >= 15 is 0 Å². The van der Waals surface area contributed by atoms with Gasteiger partial charge in [0.15, 0.2) is 0 Å². The number of hydrogen-bond donors (Lipinski definition) is 4. The lowest BCUT2D eigenvalue weighted by Crippen LogP contribution is -2.60. The highest BCUT2D eigenvalue weighted by Crippen LogP contribution is 2.34. The van der Waals surface area contributed by atoms with Gasteiger partial charge in [-0.3, -0.25) is 14.4 Å². The van der Waals surface area contributed by atoms with Gasteiger partial charge in [0.05, 0.1) is 12.1 Å². The summed E-state index contributed by atoms with van der Waals surface area (Å²) in [5.41, 5.74) is 1.75. The molecule has 9 heteroatoms. The second-order valence-electron chi connectivity index (χ2n) is 10.6. The Morgan fingerprint density at radius 3 is 2.38 bits per heavy atom. The number of carbonyl (C=O) groups is 3. The fraction of sp³-hybridized carbons (Fsp3) is 0.452. The normalized spacial score (nSPS) is 25.8. The molecule has 40 heavy (non-hydrogen) atoms. The van der Waals surface area contributed by atoms with Crippen molar-refractivity contribution in [3.63, 3.8) is 0 Å². The summed E-state index contributed by atoms with van der Waals surface area (Å²) in [5.74, 6) is -0.731. The zero-order valence-corrected chi connectivity index (χ0v) is 23.4. The third-order valence-corrected chi connectivity index (χ3v) is 7.59. The molecule has 0 saturated heterocycles. The SMILES string of the molecule is CC(O)[C@H]1C(=O)N[C@H](C(C)c2ccccc2)C(=O)NC/C=C/c2ccccc2OCCN[C@@H](C2CC2)C(=O)N1C. The van der Waals surface area contributed by atoms with Crippen LogP contribution < -0.4 is 20.7 Å². The minimum Gasteiger partial charge on any atom is -0.492 e. The highest BCUT2D eigenvalue weighted by atomic mass is 16.5. The van der Waals surface area contributed by atoms with Gasteiger partial charge >= 0.3 is 0 Å². The first-order valence-corrected chi connectivity index (χ1v) is 14.0. The number of aliphatic hydroxyl groups excluding tert-OH is 1. The maximum absolute atomic E-state index is 13.6. The Bertz CT molecular complexity index is 1200. The summed E-state index contributed by atoms with van der Waals surface area (Å²) >= 11 is 0. The molecule has 0 spiro atoms. The highest BCUT2D eigenvalue weighted by Gasteiger charge is 2.42. The number of aliphatic hydroxyl groups is 1. The minimum absolute atomic E-state index is 0.158. The van der Waals surface area contributed by atoms with E-state index in [4.69, 9.17) is 4.74 Å². The van der Waals surface area contributed by atoms with E-state index in [1.54, 1.807) is 0 Å². The molecule has 3 amide bonds. The van der Waals surface area contributed by atoms with Gasteiger partial charge in [-0.1, -0.05) is 67.6 Å². The van der Waals surface area contributed by atoms with Crippen LogP contribution in [0.5, 0.6) is 5.75 Å². The van der Waals surface area contributed by atoms with Crippen LogP contribution >= 0.6 is 0 Å². The van der Waals surface area contributed by atoms with Crippen molar-refractivity contribution in [3.05, 3.63) is 71.8 Å². The van der Waals surface area contributed by atoms with Crippen molar-refractivity contribution in [1.29, 1.82) is 0 Å². The Balaban J connectivity index is 1.65. The number of nitrogens with zero attached hydrogens (tertiary/aromatic N) is 1. The largest absolute Gasteiger partial charge is 0.492 e. The van der Waals surface area contributed by atoms with E-state index in [-0.39, 0.29) is 30.2 Å². The highest BCUT2D eigenvalue weighted by molar-refractivity contribution is 5.94. The number of para-hydroxylation sites is 1. The molecule has 0 aromatic heterocycles. The zero-order valence-electron chi connectivity index (χ0n) is 23.4. The maximum atomic E-state index is 13.6. The molecule has 2 unspecified atom stereocenters. The van der Waals surface area contributed by atoms with Gasteiger partial charge in [-0.15, -0.1) is 0 Å². The van der Waals surface area contributed by atoms with Gasteiger partial charge < -0.3 is 30.7 Å². The molecule has 1 aliphatic carbocycles. The van der Waals surface area contributed by atoms with E-state index in [0.29, 0.717) is 18.9 Å². The van der Waals surface area contributed by atoms with Crippen LogP contribution in [0.4, 0.5) is 0 Å². The van der Waals surface area contributed by atoms with E-state index in [2.05, 4.69) is 16.0 Å². The molecule has 1 fully saturated rings. The van der Waals surface area contributed by atoms with Crippen LogP contribution in [0.2, 0.25) is 0 Å². The Hall–Kier alpha value is -3.69. The number of amides is 3. The molecular weight excluding hydrogens is 508 g/mol. The van der Waals surface area contributed by atoms with Crippen LogP contribution in [0.15, 0.2) is 60.7 Å². The van der Waals surface area contributed by atoms with Gasteiger partial charge in [-0.05, 0) is 37.3 Å². The number of carbonyl (C=O) groups excluding carboxylic acids is 3. The number of hydrogen-bond acceptors (Lipinski definition) is 6. The number of rotatable bonds is 4. The van der Waals surface area contributed by atoms with Crippen molar-refractivity contribution in [3.8, 4) is 5.75 Å². The molecule has 2 aromatic carbocycles. The summed E-state index contributed by atoms with van der Waals surface area (Å²) in [4.78, 5) is 42.0. The summed E-state index contributed by atoms with van der Waals surface area (Å²) in [6.45, 7) is 4.38. The van der Waals surface area contributed by atoms with Gasteiger partial charge in [0.1, 0.15) is 24.4 Å². The number of nitrogens with one attached hydrogen (secondary N) is 3. The Morgan fingerprint density at radius 1 is 0.975 bits per heavy atom. The monoisotopic (exact) mass is 548 g/mol. The molecule has 214 valence electrons. The summed E-state index contributed by atoms with van der Waals surface area (Å²) in [6, 6.07) is 14.5. The number of ether oxygens (including phenoxy) is 1. The lowest BCUT2D eigenvalue weighted by Gasteiger charge is -2.34. The molecule has 0 bridgehead atoms. The summed E-state index contributed by atoms with van der Waals surface area (Å²) in [5, 5.41) is 19.7. The minimum atomic E-state index is -1.17. The third kappa shape index (κ3) is 7.28. The van der Waals surface area contributed by atoms with Crippen LogP contribution in [-0.2, 0) is 14.4 Å². The van der Waals surface area contributed by atoms with Gasteiger partial charge in [0, 0.05) is 31.6 Å². The molecule has 1 aliphatic heterocycles. The molecular formula is C31H40N4O5. The van der Waals surface area contributed by atoms with Crippen LogP contribution in [0.3, 0.4) is 0 Å². The molecule has 4 N–H and O–H groups in total. The van der Waals surface area contributed by atoms with Crippen molar-refractivity contribution in [2.45, 2.75) is 56.8 Å². The van der Waals surface area contributed by atoms with Gasteiger partial charge in [0.2, 0.25) is 17.7 Å². The molecule has 0 radical (unpaired) electrons. The average molecular weight is 549 g/mol. The summed E-state index contributed by atoms with van der Waals surface area (Å²) < 4.78 is 6.01. The summed E-state index contributed by atoms with van der Waals surface area (Å²) in [7, 11) is 1.53. The quantitative estimate of drug-likeness (QED) is 0.465. The fourth-order valence-corrected chi connectivity index (χ4v) is 5.15. The van der Waals surface area contributed by atoms with E-state index in [1.165, 1.54) is 18.9 Å². The second kappa shape index (κ2) is 13.6. The Morgan fingerprint density at radius 2 is 1.68 bits per heavy atom.